The van der Waals surface area contributed by atoms with Crippen molar-refractivity contribution in [3.63, 3.8) is 0 Å². The van der Waals surface area contributed by atoms with Gasteiger partial charge in [0.05, 0.1) is 0 Å². The highest BCUT2D eigenvalue weighted by Crippen LogP contribution is 2.33. The molecule has 1 nitrogen and oxygen atoms in total. The third-order valence-electron chi connectivity index (χ3n) is 3.21. The molecule has 0 aliphatic heterocycles. The Balaban J connectivity index is 2.11. The molecule has 0 saturated heterocycles. The lowest BCUT2D eigenvalue weighted by Crippen LogP contribution is -2.25. The van der Waals surface area contributed by atoms with Crippen molar-refractivity contribution in [2.24, 2.45) is 5.92 Å². The Kier molecular flexibility index (Phi) is 3.39. The SMILES string of the molecule is C=CCC(NC1CC1C)c1ccccc1F. The average Bonchev–Trinajstić information content (AvgIpc) is 2.95. The minimum atomic E-state index is -0.129. The normalized spacial score (nSPS) is 25.1. The Hall–Kier alpha value is -1.15. The van der Waals surface area contributed by atoms with Crippen LogP contribution in [0.2, 0.25) is 0 Å². The van der Waals surface area contributed by atoms with E-state index in [1.54, 1.807) is 6.07 Å². The van der Waals surface area contributed by atoms with Gasteiger partial charge < -0.3 is 5.32 Å². The van der Waals surface area contributed by atoms with E-state index in [4.69, 9.17) is 0 Å². The maximum Gasteiger partial charge on any atom is 0.127 e. The molecule has 16 heavy (non-hydrogen) atoms. The molecular weight excluding hydrogens is 201 g/mol. The van der Waals surface area contributed by atoms with Gasteiger partial charge in [0.1, 0.15) is 5.82 Å². The van der Waals surface area contributed by atoms with Gasteiger partial charge in [-0.15, -0.1) is 6.58 Å². The molecule has 86 valence electrons. The molecule has 1 aromatic rings. The van der Waals surface area contributed by atoms with Crippen molar-refractivity contribution in [1.29, 1.82) is 0 Å². The lowest BCUT2D eigenvalue weighted by Gasteiger charge is -2.18. The van der Waals surface area contributed by atoms with E-state index in [-0.39, 0.29) is 11.9 Å². The molecule has 1 N–H and O–H groups in total. The summed E-state index contributed by atoms with van der Waals surface area (Å²) >= 11 is 0. The lowest BCUT2D eigenvalue weighted by atomic mass is 10.0. The fourth-order valence-electron chi connectivity index (χ4n) is 2.02. The van der Waals surface area contributed by atoms with Crippen LogP contribution in [0.3, 0.4) is 0 Å². The minimum absolute atomic E-state index is 0.0636. The second-order valence-corrected chi connectivity index (χ2v) is 4.58. The zero-order valence-electron chi connectivity index (χ0n) is 9.62. The van der Waals surface area contributed by atoms with Crippen LogP contribution >= 0.6 is 0 Å². The molecule has 1 fully saturated rings. The molecule has 0 radical (unpaired) electrons. The summed E-state index contributed by atoms with van der Waals surface area (Å²) in [5, 5.41) is 3.49. The molecule has 2 rings (SSSR count). The van der Waals surface area contributed by atoms with E-state index >= 15 is 0 Å². The molecule has 1 saturated carbocycles. The Morgan fingerprint density at radius 1 is 1.56 bits per heavy atom. The zero-order valence-corrected chi connectivity index (χ0v) is 9.62. The summed E-state index contributed by atoms with van der Waals surface area (Å²) in [6, 6.07) is 7.58. The summed E-state index contributed by atoms with van der Waals surface area (Å²) in [5.41, 5.74) is 0.751. The smallest absolute Gasteiger partial charge is 0.127 e. The molecule has 2 heteroatoms. The van der Waals surface area contributed by atoms with Crippen LogP contribution < -0.4 is 5.32 Å². The molecule has 0 bridgehead atoms. The maximum atomic E-state index is 13.7. The van der Waals surface area contributed by atoms with E-state index in [1.807, 2.05) is 18.2 Å². The second-order valence-electron chi connectivity index (χ2n) is 4.58. The van der Waals surface area contributed by atoms with Gasteiger partial charge in [0.15, 0.2) is 0 Å². The summed E-state index contributed by atoms with van der Waals surface area (Å²) in [4.78, 5) is 0. The average molecular weight is 219 g/mol. The third-order valence-corrected chi connectivity index (χ3v) is 3.21. The van der Waals surface area contributed by atoms with Gasteiger partial charge in [-0.3, -0.25) is 0 Å². The first kappa shape index (κ1) is 11.3. The Morgan fingerprint density at radius 3 is 2.81 bits per heavy atom. The zero-order chi connectivity index (χ0) is 11.5. The maximum absolute atomic E-state index is 13.7. The quantitative estimate of drug-likeness (QED) is 0.748. The van der Waals surface area contributed by atoms with Crippen molar-refractivity contribution >= 4 is 0 Å². The number of halogens is 1. The van der Waals surface area contributed by atoms with Gasteiger partial charge in [0.25, 0.3) is 0 Å². The van der Waals surface area contributed by atoms with Crippen molar-refractivity contribution in [1.82, 2.24) is 5.32 Å². The van der Waals surface area contributed by atoms with Crippen molar-refractivity contribution in [3.05, 3.63) is 48.3 Å². The summed E-state index contributed by atoms with van der Waals surface area (Å²) in [7, 11) is 0. The topological polar surface area (TPSA) is 12.0 Å². The number of benzene rings is 1. The second kappa shape index (κ2) is 4.79. The first-order valence-electron chi connectivity index (χ1n) is 5.83. The van der Waals surface area contributed by atoms with E-state index in [9.17, 15) is 4.39 Å². The molecule has 3 unspecified atom stereocenters. The van der Waals surface area contributed by atoms with Gasteiger partial charge in [-0.25, -0.2) is 4.39 Å². The van der Waals surface area contributed by atoms with Crippen molar-refractivity contribution < 1.29 is 4.39 Å². The van der Waals surface area contributed by atoms with E-state index in [1.165, 1.54) is 12.5 Å². The van der Waals surface area contributed by atoms with Gasteiger partial charge in [0, 0.05) is 17.6 Å². The molecule has 0 amide bonds. The first-order chi connectivity index (χ1) is 7.72. The molecule has 1 aromatic carbocycles. The van der Waals surface area contributed by atoms with Gasteiger partial charge in [-0.2, -0.15) is 0 Å². The van der Waals surface area contributed by atoms with Gasteiger partial charge in [-0.1, -0.05) is 31.2 Å². The molecular formula is C14H18FN. The van der Waals surface area contributed by atoms with E-state index in [0.717, 1.165) is 17.9 Å². The van der Waals surface area contributed by atoms with Crippen LogP contribution in [0.15, 0.2) is 36.9 Å². The first-order valence-corrected chi connectivity index (χ1v) is 5.83. The molecule has 3 atom stereocenters. The highest BCUT2D eigenvalue weighted by molar-refractivity contribution is 5.22. The standard InChI is InChI=1S/C14H18FN/c1-3-6-13(16-14-9-10(14)2)11-7-4-5-8-12(11)15/h3-5,7-8,10,13-14,16H,1,6,9H2,2H3. The summed E-state index contributed by atoms with van der Waals surface area (Å²) < 4.78 is 13.7. The third kappa shape index (κ3) is 2.50. The van der Waals surface area contributed by atoms with E-state index in [2.05, 4.69) is 18.8 Å². The van der Waals surface area contributed by atoms with Crippen molar-refractivity contribution in [2.75, 3.05) is 0 Å². The van der Waals surface area contributed by atoms with Crippen LogP contribution in [0.25, 0.3) is 0 Å². The predicted octanol–water partition coefficient (Wildman–Crippen LogP) is 3.44. The minimum Gasteiger partial charge on any atom is -0.306 e. The predicted molar refractivity (Wildman–Crippen MR) is 64.7 cm³/mol. The van der Waals surface area contributed by atoms with E-state index < -0.39 is 0 Å². The number of nitrogens with one attached hydrogen (secondary N) is 1. The molecule has 0 aromatic heterocycles. The fourth-order valence-corrected chi connectivity index (χ4v) is 2.02. The van der Waals surface area contributed by atoms with Crippen LogP contribution in [0, 0.1) is 11.7 Å². The monoisotopic (exact) mass is 219 g/mol. The van der Waals surface area contributed by atoms with Crippen molar-refractivity contribution in [3.8, 4) is 0 Å². The largest absolute Gasteiger partial charge is 0.306 e. The number of hydrogen-bond donors (Lipinski definition) is 1. The Bertz CT molecular complexity index is 375. The van der Waals surface area contributed by atoms with Gasteiger partial charge in [-0.05, 0) is 24.8 Å². The van der Waals surface area contributed by atoms with Crippen LogP contribution in [0.4, 0.5) is 4.39 Å². The summed E-state index contributed by atoms with van der Waals surface area (Å²) in [6.45, 7) is 5.95. The number of rotatable bonds is 5. The highest BCUT2D eigenvalue weighted by atomic mass is 19.1. The Labute approximate surface area is 96.4 Å². The molecule has 1 aliphatic carbocycles. The van der Waals surface area contributed by atoms with Gasteiger partial charge in [0.2, 0.25) is 0 Å². The highest BCUT2D eigenvalue weighted by Gasteiger charge is 2.34. The molecule has 0 heterocycles. The van der Waals surface area contributed by atoms with E-state index in [0.29, 0.717) is 6.04 Å². The molecule has 0 spiro atoms. The van der Waals surface area contributed by atoms with Crippen LogP contribution in [-0.4, -0.2) is 6.04 Å². The van der Waals surface area contributed by atoms with Crippen molar-refractivity contribution in [2.45, 2.75) is 31.8 Å². The Morgan fingerprint density at radius 2 is 2.25 bits per heavy atom. The lowest BCUT2D eigenvalue weighted by molar-refractivity contribution is 0.491. The molecule has 1 aliphatic rings. The summed E-state index contributed by atoms with van der Waals surface area (Å²) in [5.74, 6) is 0.592. The number of hydrogen-bond acceptors (Lipinski definition) is 1. The fraction of sp³-hybridized carbons (Fsp3) is 0.429. The van der Waals surface area contributed by atoms with Gasteiger partial charge >= 0.3 is 0 Å². The van der Waals surface area contributed by atoms with Crippen LogP contribution in [-0.2, 0) is 0 Å². The van der Waals surface area contributed by atoms with Crippen LogP contribution in [0.5, 0.6) is 0 Å². The van der Waals surface area contributed by atoms with Crippen LogP contribution in [0.1, 0.15) is 31.4 Å². The summed E-state index contributed by atoms with van der Waals surface area (Å²) in [6.07, 6.45) is 3.81.